The Morgan fingerprint density at radius 1 is 1.08 bits per heavy atom. The zero-order chi connectivity index (χ0) is 25.9. The van der Waals surface area contributed by atoms with Gasteiger partial charge in [0, 0.05) is 44.9 Å². The first-order valence-corrected chi connectivity index (χ1v) is 12.9. The highest BCUT2D eigenvalue weighted by atomic mass is 32.2. The minimum absolute atomic E-state index is 0.000715. The number of aromatic nitrogens is 2. The number of sulfonamides is 1. The van der Waals surface area contributed by atoms with Crippen molar-refractivity contribution in [2.24, 2.45) is 0 Å². The number of nitrogens with zero attached hydrogens (tertiary/aromatic N) is 4. The van der Waals surface area contributed by atoms with Gasteiger partial charge in [-0.25, -0.2) is 13.2 Å². The van der Waals surface area contributed by atoms with E-state index in [-0.39, 0.29) is 22.6 Å². The summed E-state index contributed by atoms with van der Waals surface area (Å²) in [5.74, 6) is 0.389. The van der Waals surface area contributed by atoms with E-state index in [4.69, 9.17) is 19.0 Å². The molecule has 0 bridgehead atoms. The molecule has 2 heterocycles. The number of anilines is 1. The van der Waals surface area contributed by atoms with Gasteiger partial charge in [0.25, 0.3) is 5.89 Å². The molecular weight excluding hydrogens is 488 g/mol. The first-order valence-electron chi connectivity index (χ1n) is 11.4. The zero-order valence-corrected chi connectivity index (χ0v) is 21.1. The first kappa shape index (κ1) is 25.5. The Kier molecular flexibility index (Phi) is 7.45. The number of carbonyl (C=O) groups is 1. The van der Waals surface area contributed by atoms with Gasteiger partial charge in [-0.15, -0.1) is 10.2 Å². The minimum atomic E-state index is -3.65. The van der Waals surface area contributed by atoms with E-state index in [2.05, 4.69) is 10.2 Å². The minimum Gasteiger partial charge on any atom is -0.491 e. The topological polar surface area (TPSA) is 135 Å². The molecule has 1 fully saturated rings. The maximum absolute atomic E-state index is 13.1. The van der Waals surface area contributed by atoms with E-state index in [1.54, 1.807) is 43.3 Å². The van der Waals surface area contributed by atoms with Gasteiger partial charge < -0.3 is 23.9 Å². The molecule has 0 radical (unpaired) electrons. The number of rotatable bonds is 9. The monoisotopic (exact) mass is 516 g/mol. The summed E-state index contributed by atoms with van der Waals surface area (Å²) in [5, 5.41) is 16.9. The SMILES string of the molecule is Cc1nnc(-c2ccc(N3CCN(S(=O)(=O)c4ccc(OC(C)C)cc4)CC3)cc2OCC(=O)O)o1. The summed E-state index contributed by atoms with van der Waals surface area (Å²) in [7, 11) is -3.65. The van der Waals surface area contributed by atoms with Crippen LogP contribution in [0.15, 0.2) is 51.8 Å². The van der Waals surface area contributed by atoms with Gasteiger partial charge in [0.05, 0.1) is 16.6 Å². The molecule has 0 saturated carbocycles. The lowest BCUT2D eigenvalue weighted by molar-refractivity contribution is -0.139. The third-order valence-corrected chi connectivity index (χ3v) is 7.42. The molecule has 36 heavy (non-hydrogen) atoms. The second-order valence-electron chi connectivity index (χ2n) is 8.52. The molecule has 192 valence electrons. The Morgan fingerprint density at radius 3 is 2.36 bits per heavy atom. The van der Waals surface area contributed by atoms with Crippen LogP contribution in [-0.4, -0.2) is 72.9 Å². The first-order chi connectivity index (χ1) is 17.1. The maximum atomic E-state index is 13.1. The van der Waals surface area contributed by atoms with E-state index in [1.807, 2.05) is 24.8 Å². The number of piperazine rings is 1. The Labute approximate surface area is 209 Å². The third-order valence-electron chi connectivity index (χ3n) is 5.51. The van der Waals surface area contributed by atoms with Crippen molar-refractivity contribution in [2.45, 2.75) is 31.8 Å². The summed E-state index contributed by atoms with van der Waals surface area (Å²) in [4.78, 5) is 13.3. The van der Waals surface area contributed by atoms with Crippen LogP contribution in [0.25, 0.3) is 11.5 Å². The predicted octanol–water partition coefficient (Wildman–Crippen LogP) is 2.81. The molecule has 0 atom stereocenters. The third kappa shape index (κ3) is 5.77. The van der Waals surface area contributed by atoms with Crippen LogP contribution in [-0.2, 0) is 14.8 Å². The van der Waals surface area contributed by atoms with Crippen LogP contribution >= 0.6 is 0 Å². The molecule has 12 heteroatoms. The highest BCUT2D eigenvalue weighted by Crippen LogP contribution is 2.34. The molecule has 0 amide bonds. The number of carboxylic acid groups (broad SMARTS) is 1. The molecule has 1 N–H and O–H groups in total. The van der Waals surface area contributed by atoms with E-state index >= 15 is 0 Å². The predicted molar refractivity (Wildman–Crippen MR) is 131 cm³/mol. The van der Waals surface area contributed by atoms with Crippen molar-refractivity contribution in [2.75, 3.05) is 37.7 Å². The Balaban J connectivity index is 1.48. The second-order valence-corrected chi connectivity index (χ2v) is 10.5. The van der Waals surface area contributed by atoms with Crippen LogP contribution < -0.4 is 14.4 Å². The van der Waals surface area contributed by atoms with Crippen molar-refractivity contribution < 1.29 is 32.2 Å². The van der Waals surface area contributed by atoms with Gasteiger partial charge in [0.1, 0.15) is 11.5 Å². The van der Waals surface area contributed by atoms with Crippen molar-refractivity contribution in [1.29, 1.82) is 0 Å². The van der Waals surface area contributed by atoms with E-state index in [9.17, 15) is 13.2 Å². The van der Waals surface area contributed by atoms with Crippen LogP contribution in [0.5, 0.6) is 11.5 Å². The smallest absolute Gasteiger partial charge is 0.341 e. The maximum Gasteiger partial charge on any atom is 0.341 e. The van der Waals surface area contributed by atoms with Crippen molar-refractivity contribution in [3.05, 3.63) is 48.4 Å². The highest BCUT2D eigenvalue weighted by molar-refractivity contribution is 7.89. The van der Waals surface area contributed by atoms with Gasteiger partial charge in [-0.3, -0.25) is 0 Å². The fraction of sp³-hybridized carbons (Fsp3) is 0.375. The van der Waals surface area contributed by atoms with E-state index in [0.29, 0.717) is 43.4 Å². The molecule has 1 aromatic heterocycles. The molecule has 0 aliphatic carbocycles. The van der Waals surface area contributed by atoms with Gasteiger partial charge in [-0.2, -0.15) is 4.31 Å². The van der Waals surface area contributed by atoms with Crippen LogP contribution in [0.1, 0.15) is 19.7 Å². The average Bonchev–Trinajstić information content (AvgIpc) is 3.28. The van der Waals surface area contributed by atoms with E-state index in [0.717, 1.165) is 5.69 Å². The van der Waals surface area contributed by atoms with Gasteiger partial charge in [0.15, 0.2) is 6.61 Å². The van der Waals surface area contributed by atoms with E-state index in [1.165, 1.54) is 4.31 Å². The lowest BCUT2D eigenvalue weighted by atomic mass is 10.1. The summed E-state index contributed by atoms with van der Waals surface area (Å²) in [6.07, 6.45) is 0.000715. The number of aliphatic carboxylic acids is 1. The van der Waals surface area contributed by atoms with Crippen LogP contribution in [0.2, 0.25) is 0 Å². The van der Waals surface area contributed by atoms with Crippen LogP contribution in [0, 0.1) is 6.92 Å². The zero-order valence-electron chi connectivity index (χ0n) is 20.2. The normalized spacial score (nSPS) is 14.7. The molecule has 2 aromatic carbocycles. The summed E-state index contributed by atoms with van der Waals surface area (Å²) < 4.78 is 44.3. The molecule has 1 aliphatic rings. The van der Waals surface area contributed by atoms with Crippen molar-refractivity contribution in [3.63, 3.8) is 0 Å². The Hall–Kier alpha value is -3.64. The van der Waals surface area contributed by atoms with Gasteiger partial charge >= 0.3 is 5.97 Å². The summed E-state index contributed by atoms with van der Waals surface area (Å²) in [6.45, 7) is 6.43. The van der Waals surface area contributed by atoms with Crippen molar-refractivity contribution in [3.8, 4) is 23.0 Å². The van der Waals surface area contributed by atoms with Crippen LogP contribution in [0.4, 0.5) is 5.69 Å². The molecule has 3 aromatic rings. The standard InChI is InChI=1S/C24H28N4O7S/c1-16(2)34-19-5-7-20(8-6-19)36(31,32)28-12-10-27(11-13-28)18-4-9-21(24-26-25-17(3)35-24)22(14-18)33-15-23(29)30/h4-9,14,16H,10-13,15H2,1-3H3,(H,29,30). The summed E-state index contributed by atoms with van der Waals surface area (Å²) >= 11 is 0. The number of hydrogen-bond acceptors (Lipinski definition) is 9. The molecular formula is C24H28N4O7S. The molecule has 0 unspecified atom stereocenters. The van der Waals surface area contributed by atoms with Gasteiger partial charge in [-0.05, 0) is 50.2 Å². The van der Waals surface area contributed by atoms with Gasteiger partial charge in [-0.1, -0.05) is 0 Å². The highest BCUT2D eigenvalue weighted by Gasteiger charge is 2.29. The van der Waals surface area contributed by atoms with Crippen molar-refractivity contribution in [1.82, 2.24) is 14.5 Å². The number of benzene rings is 2. The van der Waals surface area contributed by atoms with Crippen molar-refractivity contribution >= 4 is 21.7 Å². The Bertz CT molecular complexity index is 1310. The number of ether oxygens (including phenoxy) is 2. The number of carboxylic acids is 1. The largest absolute Gasteiger partial charge is 0.491 e. The van der Waals surface area contributed by atoms with E-state index < -0.39 is 22.6 Å². The fourth-order valence-electron chi connectivity index (χ4n) is 3.85. The average molecular weight is 517 g/mol. The quantitative estimate of drug-likeness (QED) is 0.452. The van der Waals surface area contributed by atoms with Gasteiger partial charge in [0.2, 0.25) is 15.9 Å². The lowest BCUT2D eigenvalue weighted by Crippen LogP contribution is -2.48. The molecule has 1 aliphatic heterocycles. The summed E-state index contributed by atoms with van der Waals surface area (Å²) in [5.41, 5.74) is 1.24. The Morgan fingerprint density at radius 2 is 1.78 bits per heavy atom. The number of hydrogen-bond donors (Lipinski definition) is 1. The second kappa shape index (κ2) is 10.5. The molecule has 1 saturated heterocycles. The molecule has 4 rings (SSSR count). The fourth-order valence-corrected chi connectivity index (χ4v) is 5.27. The molecule has 11 nitrogen and oxygen atoms in total. The molecule has 0 spiro atoms. The lowest BCUT2D eigenvalue weighted by Gasteiger charge is -2.35. The number of aryl methyl sites for hydroxylation is 1. The van der Waals surface area contributed by atoms with Crippen LogP contribution in [0.3, 0.4) is 0 Å². The summed E-state index contributed by atoms with van der Waals surface area (Å²) in [6, 6.07) is 11.7.